The van der Waals surface area contributed by atoms with Crippen LogP contribution in [0.3, 0.4) is 0 Å². The molecule has 0 atom stereocenters. The predicted molar refractivity (Wildman–Crippen MR) is 78.9 cm³/mol. The number of methoxy groups -OCH3 is 1. The van der Waals surface area contributed by atoms with Crippen molar-refractivity contribution in [2.75, 3.05) is 24.8 Å². The average molecular weight is 273 g/mol. The second kappa shape index (κ2) is 5.92. The highest BCUT2D eigenvalue weighted by atomic mass is 16.6. The van der Waals surface area contributed by atoms with Crippen LogP contribution in [0.25, 0.3) is 0 Å². The summed E-state index contributed by atoms with van der Waals surface area (Å²) in [5.41, 5.74) is 2.13. The van der Waals surface area contributed by atoms with Crippen molar-refractivity contribution in [3.63, 3.8) is 0 Å². The normalized spacial score (nSPS) is 9.90. The van der Waals surface area contributed by atoms with Gasteiger partial charge in [-0.3, -0.25) is 10.1 Å². The van der Waals surface area contributed by atoms with Crippen LogP contribution in [-0.4, -0.2) is 19.1 Å². The Morgan fingerprint density at radius 3 is 2.50 bits per heavy atom. The zero-order valence-corrected chi connectivity index (χ0v) is 11.2. The largest absolute Gasteiger partial charge is 0.497 e. The Morgan fingerprint density at radius 1 is 1.10 bits per heavy atom. The van der Waals surface area contributed by atoms with E-state index in [9.17, 15) is 10.1 Å². The third-order valence-corrected chi connectivity index (χ3v) is 2.78. The van der Waals surface area contributed by atoms with Gasteiger partial charge in [0.2, 0.25) is 0 Å². The first-order chi connectivity index (χ1) is 9.62. The second-order valence-corrected chi connectivity index (χ2v) is 4.13. The molecule has 0 saturated carbocycles. The highest BCUT2D eigenvalue weighted by Gasteiger charge is 2.09. The van der Waals surface area contributed by atoms with Crippen LogP contribution in [0.5, 0.6) is 5.75 Å². The third-order valence-electron chi connectivity index (χ3n) is 2.78. The number of nitrogens with one attached hydrogen (secondary N) is 2. The SMILES string of the molecule is CNc1cc(Nc2cccc(OC)c2)cc([N+](=O)[O-])c1. The summed E-state index contributed by atoms with van der Waals surface area (Å²) in [5, 5.41) is 16.9. The van der Waals surface area contributed by atoms with Gasteiger partial charge >= 0.3 is 0 Å². The van der Waals surface area contributed by atoms with E-state index in [1.807, 2.05) is 24.3 Å². The molecule has 2 aromatic carbocycles. The summed E-state index contributed by atoms with van der Waals surface area (Å²) in [7, 11) is 3.31. The highest BCUT2D eigenvalue weighted by Crippen LogP contribution is 2.27. The molecule has 0 unspecified atom stereocenters. The molecule has 0 heterocycles. The average Bonchev–Trinajstić information content (AvgIpc) is 2.47. The van der Waals surface area contributed by atoms with E-state index < -0.39 is 4.92 Å². The first-order valence-corrected chi connectivity index (χ1v) is 6.00. The number of nitro benzene ring substituents is 1. The number of benzene rings is 2. The maximum atomic E-state index is 10.9. The summed E-state index contributed by atoms with van der Waals surface area (Å²) < 4.78 is 5.14. The van der Waals surface area contributed by atoms with Crippen LogP contribution in [0.1, 0.15) is 0 Å². The molecule has 0 radical (unpaired) electrons. The first-order valence-electron chi connectivity index (χ1n) is 6.00. The molecule has 2 aromatic rings. The first kappa shape index (κ1) is 13.7. The molecule has 104 valence electrons. The minimum absolute atomic E-state index is 0.0299. The number of hydrogen-bond acceptors (Lipinski definition) is 5. The summed E-state index contributed by atoms with van der Waals surface area (Å²) in [6.45, 7) is 0. The van der Waals surface area contributed by atoms with Gasteiger partial charge in [0.1, 0.15) is 5.75 Å². The predicted octanol–water partition coefficient (Wildman–Crippen LogP) is 3.39. The van der Waals surface area contributed by atoms with Crippen molar-refractivity contribution in [1.29, 1.82) is 0 Å². The minimum Gasteiger partial charge on any atom is -0.497 e. The number of ether oxygens (including phenoxy) is 1. The second-order valence-electron chi connectivity index (χ2n) is 4.13. The molecule has 20 heavy (non-hydrogen) atoms. The van der Waals surface area contributed by atoms with E-state index in [2.05, 4.69) is 10.6 Å². The lowest BCUT2D eigenvalue weighted by Crippen LogP contribution is -1.97. The lowest BCUT2D eigenvalue weighted by Gasteiger charge is -2.09. The van der Waals surface area contributed by atoms with Crippen molar-refractivity contribution in [1.82, 2.24) is 0 Å². The Balaban J connectivity index is 2.32. The molecule has 2 N–H and O–H groups in total. The van der Waals surface area contributed by atoms with Crippen LogP contribution >= 0.6 is 0 Å². The third kappa shape index (κ3) is 3.17. The molecule has 0 spiro atoms. The van der Waals surface area contributed by atoms with Crippen molar-refractivity contribution >= 4 is 22.7 Å². The Bertz CT molecular complexity index is 629. The van der Waals surface area contributed by atoms with Crippen molar-refractivity contribution in [2.45, 2.75) is 0 Å². The van der Waals surface area contributed by atoms with Gasteiger partial charge in [-0.15, -0.1) is 0 Å². The van der Waals surface area contributed by atoms with Crippen molar-refractivity contribution in [2.24, 2.45) is 0 Å². The van der Waals surface area contributed by atoms with Gasteiger partial charge in [-0.05, 0) is 18.2 Å². The van der Waals surface area contributed by atoms with Gasteiger partial charge in [-0.25, -0.2) is 0 Å². The number of rotatable bonds is 5. The quantitative estimate of drug-likeness (QED) is 0.645. The van der Waals surface area contributed by atoms with Gasteiger partial charge in [0, 0.05) is 42.3 Å². The van der Waals surface area contributed by atoms with Gasteiger partial charge in [0.05, 0.1) is 12.0 Å². The molecule has 2 rings (SSSR count). The Morgan fingerprint density at radius 2 is 1.85 bits per heavy atom. The molecular formula is C14H15N3O3. The van der Waals surface area contributed by atoms with Crippen molar-refractivity contribution in [3.05, 3.63) is 52.6 Å². The maximum absolute atomic E-state index is 10.9. The summed E-state index contributed by atoms with van der Waals surface area (Å²) in [6.07, 6.45) is 0. The van der Waals surface area contributed by atoms with E-state index in [1.165, 1.54) is 12.1 Å². The molecule has 6 nitrogen and oxygen atoms in total. The molecular weight excluding hydrogens is 258 g/mol. The number of hydrogen-bond donors (Lipinski definition) is 2. The monoisotopic (exact) mass is 273 g/mol. The van der Waals surface area contributed by atoms with Gasteiger partial charge in [0.15, 0.2) is 0 Å². The molecule has 0 bridgehead atoms. The summed E-state index contributed by atoms with van der Waals surface area (Å²) in [6, 6.07) is 12.1. The van der Waals surface area contributed by atoms with Gasteiger partial charge in [-0.1, -0.05) is 6.07 Å². The van der Waals surface area contributed by atoms with Crippen molar-refractivity contribution < 1.29 is 9.66 Å². The maximum Gasteiger partial charge on any atom is 0.273 e. The molecule has 0 aliphatic heterocycles. The minimum atomic E-state index is -0.419. The molecule has 0 fully saturated rings. The van der Waals surface area contributed by atoms with Crippen LogP contribution in [-0.2, 0) is 0 Å². The molecule has 0 amide bonds. The summed E-state index contributed by atoms with van der Waals surface area (Å²) in [5.74, 6) is 0.717. The van der Waals surface area contributed by atoms with E-state index in [0.717, 1.165) is 5.69 Å². The number of nitro groups is 1. The van der Waals surface area contributed by atoms with Gasteiger partial charge < -0.3 is 15.4 Å². The number of nitrogens with zero attached hydrogens (tertiary/aromatic N) is 1. The lowest BCUT2D eigenvalue weighted by atomic mass is 10.2. The molecule has 0 aliphatic rings. The topological polar surface area (TPSA) is 76.4 Å². The van der Waals surface area contributed by atoms with Crippen LogP contribution in [0, 0.1) is 10.1 Å². The molecule has 6 heteroatoms. The van der Waals surface area contributed by atoms with Gasteiger partial charge in [0.25, 0.3) is 5.69 Å². The van der Waals surface area contributed by atoms with Gasteiger partial charge in [-0.2, -0.15) is 0 Å². The standard InChI is InChI=1S/C14H15N3O3/c1-15-11-6-12(8-13(7-11)17(18)19)16-10-4-3-5-14(9-10)20-2/h3-9,15-16H,1-2H3. The summed E-state index contributed by atoms with van der Waals surface area (Å²) in [4.78, 5) is 10.5. The Labute approximate surface area is 116 Å². The zero-order valence-electron chi connectivity index (χ0n) is 11.2. The fraction of sp³-hybridized carbons (Fsp3) is 0.143. The van der Waals surface area contributed by atoms with E-state index in [4.69, 9.17) is 4.74 Å². The lowest BCUT2D eigenvalue weighted by molar-refractivity contribution is -0.384. The Hall–Kier alpha value is -2.76. The fourth-order valence-corrected chi connectivity index (χ4v) is 1.80. The van der Waals surface area contributed by atoms with E-state index >= 15 is 0 Å². The van der Waals surface area contributed by atoms with E-state index in [0.29, 0.717) is 17.1 Å². The van der Waals surface area contributed by atoms with E-state index in [-0.39, 0.29) is 5.69 Å². The highest BCUT2D eigenvalue weighted by molar-refractivity contribution is 5.69. The molecule has 0 saturated heterocycles. The zero-order chi connectivity index (χ0) is 14.5. The van der Waals surface area contributed by atoms with Crippen LogP contribution < -0.4 is 15.4 Å². The van der Waals surface area contributed by atoms with E-state index in [1.54, 1.807) is 20.2 Å². The molecule has 0 aliphatic carbocycles. The summed E-state index contributed by atoms with van der Waals surface area (Å²) >= 11 is 0. The number of anilines is 3. The fourth-order valence-electron chi connectivity index (χ4n) is 1.80. The van der Waals surface area contributed by atoms with Crippen LogP contribution in [0.2, 0.25) is 0 Å². The smallest absolute Gasteiger partial charge is 0.273 e. The number of non-ortho nitro benzene ring substituents is 1. The Kier molecular flexibility index (Phi) is 4.05. The van der Waals surface area contributed by atoms with Crippen LogP contribution in [0.15, 0.2) is 42.5 Å². The van der Waals surface area contributed by atoms with Crippen molar-refractivity contribution in [3.8, 4) is 5.75 Å². The van der Waals surface area contributed by atoms with Crippen LogP contribution in [0.4, 0.5) is 22.7 Å². The molecule has 0 aromatic heterocycles.